The van der Waals surface area contributed by atoms with Crippen LogP contribution in [0.2, 0.25) is 0 Å². The standard InChI is InChI=1S/C17H35N2/c1-4-5-6-7-8-9-10-11-12-13-14-15-16-19(2,3)17-18/h4-16H2,1-3H3/q+1. The van der Waals surface area contributed by atoms with Crippen LogP contribution in [0, 0.1) is 11.5 Å². The van der Waals surface area contributed by atoms with Gasteiger partial charge in [-0.15, -0.1) is 5.26 Å². The van der Waals surface area contributed by atoms with Crippen molar-refractivity contribution in [3.8, 4) is 6.19 Å². The zero-order chi connectivity index (χ0) is 14.4. The quantitative estimate of drug-likeness (QED) is 0.254. The van der Waals surface area contributed by atoms with Gasteiger partial charge < -0.3 is 0 Å². The maximum Gasteiger partial charge on any atom is 0.308 e. The number of nitriles is 1. The number of rotatable bonds is 13. The Morgan fingerprint density at radius 3 is 1.42 bits per heavy atom. The van der Waals surface area contributed by atoms with Crippen molar-refractivity contribution in [3.05, 3.63) is 0 Å². The first-order valence-corrected chi connectivity index (χ1v) is 8.36. The summed E-state index contributed by atoms with van der Waals surface area (Å²) in [6.07, 6.45) is 18.9. The van der Waals surface area contributed by atoms with Crippen LogP contribution in [0.25, 0.3) is 0 Å². The summed E-state index contributed by atoms with van der Waals surface area (Å²) in [7, 11) is 3.97. The summed E-state index contributed by atoms with van der Waals surface area (Å²) in [6.45, 7) is 3.27. The van der Waals surface area contributed by atoms with Gasteiger partial charge >= 0.3 is 6.19 Å². The van der Waals surface area contributed by atoms with Gasteiger partial charge in [0.05, 0.1) is 20.6 Å². The molecule has 0 spiro atoms. The lowest BCUT2D eigenvalue weighted by Gasteiger charge is -2.17. The van der Waals surface area contributed by atoms with Crippen LogP contribution in [0.1, 0.15) is 84.0 Å². The second kappa shape index (κ2) is 12.5. The van der Waals surface area contributed by atoms with E-state index in [0.29, 0.717) is 4.48 Å². The minimum atomic E-state index is 0.498. The van der Waals surface area contributed by atoms with Gasteiger partial charge in [-0.2, -0.15) is 0 Å². The topological polar surface area (TPSA) is 23.8 Å². The first-order valence-electron chi connectivity index (χ1n) is 8.36. The van der Waals surface area contributed by atoms with E-state index in [1.165, 1.54) is 77.0 Å². The lowest BCUT2D eigenvalue weighted by molar-refractivity contribution is -0.824. The third kappa shape index (κ3) is 13.7. The number of quaternary nitrogens is 1. The second-order valence-corrected chi connectivity index (χ2v) is 6.40. The summed E-state index contributed by atoms with van der Waals surface area (Å²) in [5.74, 6) is 0. The molecule has 0 rings (SSSR count). The van der Waals surface area contributed by atoms with Crippen molar-refractivity contribution in [1.82, 2.24) is 0 Å². The van der Waals surface area contributed by atoms with E-state index in [4.69, 9.17) is 5.26 Å². The van der Waals surface area contributed by atoms with E-state index >= 15 is 0 Å². The molecule has 19 heavy (non-hydrogen) atoms. The maximum absolute atomic E-state index is 8.89. The minimum Gasteiger partial charge on any atom is -0.228 e. The largest absolute Gasteiger partial charge is 0.308 e. The van der Waals surface area contributed by atoms with Gasteiger partial charge in [-0.3, -0.25) is 0 Å². The van der Waals surface area contributed by atoms with E-state index in [0.717, 1.165) is 6.54 Å². The summed E-state index contributed by atoms with van der Waals surface area (Å²) >= 11 is 0. The van der Waals surface area contributed by atoms with Gasteiger partial charge in [-0.25, -0.2) is 4.48 Å². The fraction of sp³-hybridized carbons (Fsp3) is 0.941. The number of hydrogen-bond donors (Lipinski definition) is 0. The monoisotopic (exact) mass is 267 g/mol. The van der Waals surface area contributed by atoms with Crippen molar-refractivity contribution in [3.63, 3.8) is 0 Å². The van der Waals surface area contributed by atoms with Crippen molar-refractivity contribution >= 4 is 0 Å². The highest BCUT2D eigenvalue weighted by Crippen LogP contribution is 2.12. The molecule has 0 saturated carbocycles. The average Bonchev–Trinajstić information content (AvgIpc) is 2.40. The molecular formula is C17H35N2+. The third-order valence-electron chi connectivity index (χ3n) is 3.84. The van der Waals surface area contributed by atoms with E-state index in [9.17, 15) is 0 Å². The van der Waals surface area contributed by atoms with Crippen LogP contribution >= 0.6 is 0 Å². The molecule has 0 aromatic heterocycles. The van der Waals surface area contributed by atoms with E-state index < -0.39 is 0 Å². The van der Waals surface area contributed by atoms with Crippen LogP contribution in [0.5, 0.6) is 0 Å². The summed E-state index contributed by atoms with van der Waals surface area (Å²) in [5, 5.41) is 8.89. The minimum absolute atomic E-state index is 0.498. The van der Waals surface area contributed by atoms with Gasteiger partial charge in [-0.1, -0.05) is 71.1 Å². The summed E-state index contributed by atoms with van der Waals surface area (Å²) in [5.41, 5.74) is 0. The van der Waals surface area contributed by atoms with Crippen molar-refractivity contribution in [2.24, 2.45) is 0 Å². The zero-order valence-electron chi connectivity index (χ0n) is 13.6. The van der Waals surface area contributed by atoms with Gasteiger partial charge in [0.1, 0.15) is 0 Å². The second-order valence-electron chi connectivity index (χ2n) is 6.40. The Hall–Kier alpha value is -0.550. The van der Waals surface area contributed by atoms with Crippen molar-refractivity contribution in [2.75, 3.05) is 20.6 Å². The van der Waals surface area contributed by atoms with Crippen LogP contribution in [0.3, 0.4) is 0 Å². The van der Waals surface area contributed by atoms with Crippen molar-refractivity contribution < 1.29 is 4.48 Å². The summed E-state index contributed by atoms with van der Waals surface area (Å²) in [6, 6.07) is 0. The normalized spacial score (nSPS) is 11.5. The Morgan fingerprint density at radius 1 is 0.684 bits per heavy atom. The van der Waals surface area contributed by atoms with Crippen molar-refractivity contribution in [1.29, 1.82) is 5.26 Å². The first-order chi connectivity index (χ1) is 9.12. The smallest absolute Gasteiger partial charge is 0.228 e. The molecule has 0 saturated heterocycles. The molecule has 0 amide bonds. The van der Waals surface area contributed by atoms with E-state index in [2.05, 4.69) is 13.1 Å². The van der Waals surface area contributed by atoms with Gasteiger partial charge in [-0.05, 0) is 12.8 Å². The maximum atomic E-state index is 8.89. The van der Waals surface area contributed by atoms with Gasteiger partial charge in [0.2, 0.25) is 0 Å². The lowest BCUT2D eigenvalue weighted by atomic mass is 10.1. The van der Waals surface area contributed by atoms with Crippen LogP contribution in [0.15, 0.2) is 0 Å². The Bertz CT molecular complexity index is 228. The predicted octanol–water partition coefficient (Wildman–Crippen LogP) is 5.24. The van der Waals surface area contributed by atoms with E-state index in [1.807, 2.05) is 14.1 Å². The Balaban J connectivity index is 3.10. The predicted molar refractivity (Wildman–Crippen MR) is 83.7 cm³/mol. The molecular weight excluding hydrogens is 232 g/mol. The number of hydrogen-bond acceptors (Lipinski definition) is 1. The van der Waals surface area contributed by atoms with Gasteiger partial charge in [0.15, 0.2) is 0 Å². The van der Waals surface area contributed by atoms with Crippen LogP contribution in [-0.2, 0) is 0 Å². The Morgan fingerprint density at radius 2 is 1.05 bits per heavy atom. The molecule has 0 aromatic carbocycles. The molecule has 0 atom stereocenters. The van der Waals surface area contributed by atoms with Gasteiger partial charge in [0.25, 0.3) is 0 Å². The highest BCUT2D eigenvalue weighted by molar-refractivity contribution is 4.52. The molecule has 0 aliphatic rings. The highest BCUT2D eigenvalue weighted by Gasteiger charge is 2.12. The molecule has 0 bridgehead atoms. The van der Waals surface area contributed by atoms with E-state index in [-0.39, 0.29) is 0 Å². The molecule has 0 aromatic rings. The molecule has 0 radical (unpaired) electrons. The van der Waals surface area contributed by atoms with Gasteiger partial charge in [0, 0.05) is 0 Å². The summed E-state index contributed by atoms with van der Waals surface area (Å²) < 4.78 is 0.498. The zero-order valence-corrected chi connectivity index (χ0v) is 13.6. The number of unbranched alkanes of at least 4 members (excludes halogenated alkanes) is 11. The molecule has 2 heteroatoms. The molecule has 0 aliphatic carbocycles. The molecule has 0 fully saturated rings. The lowest BCUT2D eigenvalue weighted by Crippen LogP contribution is -2.34. The van der Waals surface area contributed by atoms with Crippen LogP contribution < -0.4 is 0 Å². The molecule has 0 N–H and O–H groups in total. The first kappa shape index (κ1) is 18.4. The fourth-order valence-electron chi connectivity index (χ4n) is 2.40. The number of nitrogens with zero attached hydrogens (tertiary/aromatic N) is 2. The van der Waals surface area contributed by atoms with Crippen LogP contribution in [0.4, 0.5) is 0 Å². The molecule has 0 aliphatic heterocycles. The average molecular weight is 267 g/mol. The van der Waals surface area contributed by atoms with Crippen LogP contribution in [-0.4, -0.2) is 25.1 Å². The third-order valence-corrected chi connectivity index (χ3v) is 3.84. The molecule has 0 heterocycles. The van der Waals surface area contributed by atoms with E-state index in [1.54, 1.807) is 0 Å². The fourth-order valence-corrected chi connectivity index (χ4v) is 2.40. The molecule has 0 unspecified atom stereocenters. The highest BCUT2D eigenvalue weighted by atomic mass is 15.3. The summed E-state index contributed by atoms with van der Waals surface area (Å²) in [4.78, 5) is 0. The SMILES string of the molecule is CCCCCCCCCCCCCC[N+](C)(C)C#N. The molecule has 112 valence electrons. The Kier molecular flexibility index (Phi) is 12.1. The Labute approximate surface area is 121 Å². The van der Waals surface area contributed by atoms with Crippen molar-refractivity contribution in [2.45, 2.75) is 84.0 Å². The molecule has 2 nitrogen and oxygen atoms in total.